The second-order valence-electron chi connectivity index (χ2n) is 5.58. The van der Waals surface area contributed by atoms with Gasteiger partial charge in [-0.25, -0.2) is 0 Å². The Morgan fingerprint density at radius 1 is 1.15 bits per heavy atom. The number of thioether (sulfide) groups is 1. The normalized spacial score (nSPS) is 16.3. The molecule has 0 radical (unpaired) electrons. The van der Waals surface area contributed by atoms with Crippen LogP contribution in [0.25, 0.3) is 0 Å². The van der Waals surface area contributed by atoms with Gasteiger partial charge in [0.1, 0.15) is 0 Å². The van der Waals surface area contributed by atoms with Crippen LogP contribution in [0.3, 0.4) is 0 Å². The van der Waals surface area contributed by atoms with Crippen molar-refractivity contribution in [3.8, 4) is 0 Å². The average Bonchev–Trinajstić information content (AvgIpc) is 2.49. The number of nitrogens with zero attached hydrogens (tertiary/aromatic N) is 2. The molecular weight excluding hydrogens is 264 g/mol. The number of rotatable bonds is 7. The van der Waals surface area contributed by atoms with Crippen LogP contribution in [-0.2, 0) is 0 Å². The van der Waals surface area contributed by atoms with Crippen molar-refractivity contribution in [3.63, 3.8) is 0 Å². The Morgan fingerprint density at radius 3 is 2.65 bits per heavy atom. The van der Waals surface area contributed by atoms with Crippen LogP contribution in [0.1, 0.15) is 32.6 Å². The molecule has 0 saturated carbocycles. The highest BCUT2D eigenvalue weighted by Gasteiger charge is 2.11. The molecule has 2 nitrogen and oxygen atoms in total. The molecule has 1 heterocycles. The molecular formula is C17H28N2S. The summed E-state index contributed by atoms with van der Waals surface area (Å²) < 4.78 is 0. The number of benzene rings is 1. The van der Waals surface area contributed by atoms with Gasteiger partial charge in [-0.05, 0) is 56.8 Å². The summed E-state index contributed by atoms with van der Waals surface area (Å²) in [6, 6.07) is 8.78. The minimum absolute atomic E-state index is 1.14. The maximum Gasteiger partial charge on any atom is 0.0501 e. The van der Waals surface area contributed by atoms with Gasteiger partial charge in [-0.3, -0.25) is 0 Å². The Bertz CT molecular complexity index is 388. The van der Waals surface area contributed by atoms with Crippen molar-refractivity contribution in [2.75, 3.05) is 43.9 Å². The Labute approximate surface area is 128 Å². The Kier molecular flexibility index (Phi) is 6.74. The lowest BCUT2D eigenvalue weighted by Gasteiger charge is -2.28. The molecule has 0 unspecified atom stereocenters. The first kappa shape index (κ1) is 15.7. The van der Waals surface area contributed by atoms with E-state index in [0.29, 0.717) is 0 Å². The monoisotopic (exact) mass is 292 g/mol. The first-order chi connectivity index (χ1) is 9.81. The van der Waals surface area contributed by atoms with Crippen molar-refractivity contribution < 1.29 is 0 Å². The van der Waals surface area contributed by atoms with E-state index >= 15 is 0 Å². The van der Waals surface area contributed by atoms with E-state index in [4.69, 9.17) is 0 Å². The maximum atomic E-state index is 2.63. The summed E-state index contributed by atoms with van der Waals surface area (Å²) in [6.07, 6.45) is 5.48. The number of piperidine rings is 1. The van der Waals surface area contributed by atoms with E-state index in [-0.39, 0.29) is 0 Å². The Balaban J connectivity index is 1.80. The van der Waals surface area contributed by atoms with Crippen LogP contribution in [0.2, 0.25) is 0 Å². The van der Waals surface area contributed by atoms with E-state index in [0.717, 1.165) is 12.3 Å². The molecule has 112 valence electrons. The van der Waals surface area contributed by atoms with Crippen molar-refractivity contribution in [2.45, 2.75) is 37.5 Å². The smallest absolute Gasteiger partial charge is 0.0501 e. The van der Waals surface area contributed by atoms with Crippen LogP contribution < -0.4 is 4.90 Å². The third-order valence-corrected chi connectivity index (χ3v) is 4.94. The number of para-hydroxylation sites is 1. The molecule has 1 fully saturated rings. The Hall–Kier alpha value is -0.670. The molecule has 2 rings (SSSR count). The predicted octanol–water partition coefficient (Wildman–Crippen LogP) is 4.11. The van der Waals surface area contributed by atoms with Gasteiger partial charge >= 0.3 is 0 Å². The standard InChI is InChI=1S/C17H28N2S/c1-3-20-17-11-6-5-10-16(17)18(2)12-9-15-19-13-7-4-8-14-19/h5-6,10-11H,3-4,7-9,12-15H2,1-2H3. The fourth-order valence-corrected chi connectivity index (χ4v) is 3.74. The third kappa shape index (κ3) is 4.71. The average molecular weight is 292 g/mol. The maximum absolute atomic E-state index is 2.63. The van der Waals surface area contributed by atoms with E-state index in [9.17, 15) is 0 Å². The molecule has 1 aromatic carbocycles. The summed E-state index contributed by atoms with van der Waals surface area (Å²) in [5.41, 5.74) is 1.39. The zero-order valence-electron chi connectivity index (χ0n) is 13.0. The molecule has 0 spiro atoms. The minimum atomic E-state index is 1.14. The van der Waals surface area contributed by atoms with E-state index in [1.54, 1.807) is 0 Å². The number of hydrogen-bond acceptors (Lipinski definition) is 3. The summed E-state index contributed by atoms with van der Waals surface area (Å²) in [5.74, 6) is 1.14. The van der Waals surface area contributed by atoms with E-state index in [1.807, 2.05) is 11.8 Å². The molecule has 0 aliphatic carbocycles. The van der Waals surface area contributed by atoms with Crippen molar-refractivity contribution >= 4 is 17.4 Å². The molecule has 1 aromatic rings. The highest BCUT2D eigenvalue weighted by molar-refractivity contribution is 7.99. The van der Waals surface area contributed by atoms with Crippen LogP contribution >= 0.6 is 11.8 Å². The first-order valence-corrected chi connectivity index (χ1v) is 8.95. The van der Waals surface area contributed by atoms with Gasteiger partial charge in [0.25, 0.3) is 0 Å². The van der Waals surface area contributed by atoms with Crippen molar-refractivity contribution in [2.24, 2.45) is 0 Å². The largest absolute Gasteiger partial charge is 0.374 e. The first-order valence-electron chi connectivity index (χ1n) is 7.96. The van der Waals surface area contributed by atoms with Gasteiger partial charge in [0.2, 0.25) is 0 Å². The van der Waals surface area contributed by atoms with Crippen LogP contribution in [0.5, 0.6) is 0 Å². The fraction of sp³-hybridized carbons (Fsp3) is 0.647. The fourth-order valence-electron chi connectivity index (χ4n) is 2.89. The highest BCUT2D eigenvalue weighted by Crippen LogP contribution is 2.29. The van der Waals surface area contributed by atoms with Crippen molar-refractivity contribution in [1.29, 1.82) is 0 Å². The second-order valence-corrected chi connectivity index (χ2v) is 6.88. The van der Waals surface area contributed by atoms with Crippen LogP contribution in [0, 0.1) is 0 Å². The highest BCUT2D eigenvalue weighted by atomic mass is 32.2. The second kappa shape index (κ2) is 8.58. The molecule has 0 N–H and O–H groups in total. The summed E-state index contributed by atoms with van der Waals surface area (Å²) in [5, 5.41) is 0. The van der Waals surface area contributed by atoms with Gasteiger partial charge in [-0.2, -0.15) is 0 Å². The predicted molar refractivity (Wildman–Crippen MR) is 91.0 cm³/mol. The molecule has 0 aromatic heterocycles. The molecule has 1 aliphatic heterocycles. The van der Waals surface area contributed by atoms with Gasteiger partial charge in [-0.1, -0.05) is 25.5 Å². The molecule has 0 atom stereocenters. The number of anilines is 1. The van der Waals surface area contributed by atoms with Gasteiger partial charge in [0.05, 0.1) is 5.69 Å². The molecule has 3 heteroatoms. The topological polar surface area (TPSA) is 6.48 Å². The van der Waals surface area contributed by atoms with Crippen LogP contribution in [0.4, 0.5) is 5.69 Å². The number of likely N-dealkylation sites (tertiary alicyclic amines) is 1. The molecule has 0 amide bonds. The van der Waals surface area contributed by atoms with Gasteiger partial charge in [0, 0.05) is 18.5 Å². The third-order valence-electron chi connectivity index (χ3n) is 3.99. The summed E-state index contributed by atoms with van der Waals surface area (Å²) in [7, 11) is 2.23. The lowest BCUT2D eigenvalue weighted by atomic mass is 10.1. The zero-order valence-corrected chi connectivity index (χ0v) is 13.8. The molecule has 20 heavy (non-hydrogen) atoms. The number of hydrogen-bond donors (Lipinski definition) is 0. The lowest BCUT2D eigenvalue weighted by Crippen LogP contribution is -2.32. The molecule has 0 bridgehead atoms. The van der Waals surface area contributed by atoms with Crippen molar-refractivity contribution in [1.82, 2.24) is 4.90 Å². The van der Waals surface area contributed by atoms with Crippen molar-refractivity contribution in [3.05, 3.63) is 24.3 Å². The summed E-state index contributed by atoms with van der Waals surface area (Å²) in [6.45, 7) is 7.25. The van der Waals surface area contributed by atoms with E-state index < -0.39 is 0 Å². The van der Waals surface area contributed by atoms with Gasteiger partial charge in [-0.15, -0.1) is 11.8 Å². The van der Waals surface area contributed by atoms with Crippen LogP contribution in [-0.4, -0.2) is 43.9 Å². The summed E-state index contributed by atoms with van der Waals surface area (Å²) >= 11 is 1.94. The minimum Gasteiger partial charge on any atom is -0.374 e. The van der Waals surface area contributed by atoms with Gasteiger partial charge in [0.15, 0.2) is 0 Å². The SMILES string of the molecule is CCSc1ccccc1N(C)CCCN1CCCCC1. The zero-order chi connectivity index (χ0) is 14.2. The Morgan fingerprint density at radius 2 is 1.90 bits per heavy atom. The quantitative estimate of drug-likeness (QED) is 0.698. The molecule has 1 aliphatic rings. The van der Waals surface area contributed by atoms with Gasteiger partial charge < -0.3 is 9.80 Å². The van der Waals surface area contributed by atoms with Crippen LogP contribution in [0.15, 0.2) is 29.2 Å². The summed E-state index contributed by atoms with van der Waals surface area (Å²) in [4.78, 5) is 6.46. The van der Waals surface area contributed by atoms with E-state index in [2.05, 4.69) is 48.0 Å². The molecule has 1 saturated heterocycles. The van der Waals surface area contributed by atoms with E-state index in [1.165, 1.54) is 55.9 Å². The lowest BCUT2D eigenvalue weighted by molar-refractivity contribution is 0.227.